The van der Waals surface area contributed by atoms with Crippen molar-refractivity contribution in [3.63, 3.8) is 0 Å². The van der Waals surface area contributed by atoms with Crippen LogP contribution in [-0.4, -0.2) is 45.0 Å². The van der Waals surface area contributed by atoms with Gasteiger partial charge in [0.05, 0.1) is 12.2 Å². The van der Waals surface area contributed by atoms with Crippen molar-refractivity contribution in [2.45, 2.75) is 25.5 Å². The summed E-state index contributed by atoms with van der Waals surface area (Å²) >= 11 is 0. The third-order valence-electron chi connectivity index (χ3n) is 4.83. The highest BCUT2D eigenvalue weighted by molar-refractivity contribution is 5.81. The Kier molecular flexibility index (Phi) is 4.87. The van der Waals surface area contributed by atoms with Crippen molar-refractivity contribution in [1.82, 2.24) is 19.9 Å². The van der Waals surface area contributed by atoms with Gasteiger partial charge in [0.15, 0.2) is 6.10 Å². The third kappa shape index (κ3) is 3.84. The molecule has 0 spiro atoms. The normalized spacial score (nSPS) is 17.7. The Morgan fingerprint density at radius 2 is 1.81 bits per heavy atom. The molecule has 0 saturated carbocycles. The molecule has 2 unspecified atom stereocenters. The first-order valence-electron chi connectivity index (χ1n) is 9.18. The summed E-state index contributed by atoms with van der Waals surface area (Å²) < 4.78 is 7.64. The lowest BCUT2D eigenvalue weighted by atomic mass is 10.2. The fraction of sp³-hybridized carbons (Fsp3) is 0.286. The lowest BCUT2D eigenvalue weighted by molar-refractivity contribution is -0.136. The van der Waals surface area contributed by atoms with Crippen LogP contribution < -0.4 is 4.74 Å². The molecule has 4 rings (SSSR count). The summed E-state index contributed by atoms with van der Waals surface area (Å²) in [5.74, 6) is 0.711. The first kappa shape index (κ1) is 17.3. The molecule has 1 aromatic heterocycles. The molecule has 3 aromatic rings. The quantitative estimate of drug-likeness (QED) is 0.699. The average Bonchev–Trinajstić information content (AvgIpc) is 3.38. The number of amides is 1. The first-order valence-corrected chi connectivity index (χ1v) is 9.18. The van der Waals surface area contributed by atoms with Crippen molar-refractivity contribution in [3.8, 4) is 17.0 Å². The van der Waals surface area contributed by atoms with E-state index in [4.69, 9.17) is 4.74 Å². The molecule has 0 aliphatic carbocycles. The number of hydrogen-bond donors (Lipinski definition) is 0. The number of benzene rings is 2. The Labute approximate surface area is 158 Å². The van der Waals surface area contributed by atoms with Crippen LogP contribution in [0.5, 0.6) is 5.75 Å². The van der Waals surface area contributed by atoms with Crippen LogP contribution in [0.2, 0.25) is 0 Å². The van der Waals surface area contributed by atoms with E-state index >= 15 is 0 Å². The molecule has 2 aromatic carbocycles. The van der Waals surface area contributed by atoms with Gasteiger partial charge in [-0.2, -0.15) is 0 Å². The fourth-order valence-corrected chi connectivity index (χ4v) is 3.36. The van der Waals surface area contributed by atoms with Crippen molar-refractivity contribution in [3.05, 3.63) is 66.9 Å². The molecular weight excluding hydrogens is 340 g/mol. The van der Waals surface area contributed by atoms with Crippen LogP contribution in [0.25, 0.3) is 11.3 Å². The summed E-state index contributed by atoms with van der Waals surface area (Å²) in [5.41, 5.74) is 1.89. The second-order valence-electron chi connectivity index (χ2n) is 6.75. The predicted octanol–water partition coefficient (Wildman–Crippen LogP) is 3.19. The molecule has 0 N–H and O–H groups in total. The van der Waals surface area contributed by atoms with Crippen LogP contribution in [0.3, 0.4) is 0 Å². The number of likely N-dealkylation sites (tertiary alicyclic amines) is 1. The first-order chi connectivity index (χ1) is 13.2. The van der Waals surface area contributed by atoms with E-state index in [1.165, 1.54) is 0 Å². The minimum Gasteiger partial charge on any atom is -0.481 e. The number of aromatic nitrogens is 3. The standard InChI is InChI=1S/C21H22N4O2/c1-16(27-19-10-6-3-7-11-19)21(26)24-13-12-18(14-24)25-15-20(22-23-25)17-8-4-2-5-9-17/h2-11,15-16,18H,12-14H2,1H3. The van der Waals surface area contributed by atoms with Gasteiger partial charge < -0.3 is 9.64 Å². The lowest BCUT2D eigenvalue weighted by Gasteiger charge is -2.21. The summed E-state index contributed by atoms with van der Waals surface area (Å²) in [6.07, 6.45) is 2.31. The molecule has 1 aliphatic rings. The van der Waals surface area contributed by atoms with Gasteiger partial charge in [0.2, 0.25) is 0 Å². The Balaban J connectivity index is 1.38. The molecule has 2 atom stereocenters. The summed E-state index contributed by atoms with van der Waals surface area (Å²) in [4.78, 5) is 14.6. The molecule has 27 heavy (non-hydrogen) atoms. The highest BCUT2D eigenvalue weighted by Gasteiger charge is 2.31. The summed E-state index contributed by atoms with van der Waals surface area (Å²) in [6, 6.07) is 19.6. The van der Waals surface area contributed by atoms with E-state index < -0.39 is 6.10 Å². The zero-order valence-corrected chi connectivity index (χ0v) is 15.2. The van der Waals surface area contributed by atoms with E-state index in [0.717, 1.165) is 17.7 Å². The molecular formula is C21H22N4O2. The molecule has 0 radical (unpaired) electrons. The molecule has 6 nitrogen and oxygen atoms in total. The maximum absolute atomic E-state index is 12.7. The Morgan fingerprint density at radius 1 is 1.11 bits per heavy atom. The SMILES string of the molecule is CC(Oc1ccccc1)C(=O)N1CCC(n2cc(-c3ccccc3)nn2)C1. The van der Waals surface area contributed by atoms with Crippen LogP contribution in [0, 0.1) is 0 Å². The van der Waals surface area contributed by atoms with Gasteiger partial charge in [-0.25, -0.2) is 4.68 Å². The van der Waals surface area contributed by atoms with Gasteiger partial charge in [-0.15, -0.1) is 5.10 Å². The van der Waals surface area contributed by atoms with Crippen molar-refractivity contribution >= 4 is 5.91 Å². The molecule has 1 aliphatic heterocycles. The Bertz CT molecular complexity index is 895. The number of ether oxygens (including phenoxy) is 1. The molecule has 138 valence electrons. The van der Waals surface area contributed by atoms with Crippen LogP contribution in [0.1, 0.15) is 19.4 Å². The highest BCUT2D eigenvalue weighted by Crippen LogP contribution is 2.24. The van der Waals surface area contributed by atoms with Crippen LogP contribution >= 0.6 is 0 Å². The smallest absolute Gasteiger partial charge is 0.263 e. The molecule has 6 heteroatoms. The minimum atomic E-state index is -0.512. The highest BCUT2D eigenvalue weighted by atomic mass is 16.5. The van der Waals surface area contributed by atoms with E-state index in [0.29, 0.717) is 18.8 Å². The van der Waals surface area contributed by atoms with Gasteiger partial charge in [-0.1, -0.05) is 53.7 Å². The van der Waals surface area contributed by atoms with Gasteiger partial charge in [0.25, 0.3) is 5.91 Å². The van der Waals surface area contributed by atoms with Gasteiger partial charge in [-0.3, -0.25) is 4.79 Å². The summed E-state index contributed by atoms with van der Waals surface area (Å²) in [7, 11) is 0. The number of rotatable bonds is 5. The van der Waals surface area contributed by atoms with Crippen molar-refractivity contribution < 1.29 is 9.53 Å². The molecule has 2 heterocycles. The van der Waals surface area contributed by atoms with Gasteiger partial charge in [0, 0.05) is 18.7 Å². The van der Waals surface area contributed by atoms with Gasteiger partial charge >= 0.3 is 0 Å². The zero-order chi connectivity index (χ0) is 18.6. The molecule has 1 saturated heterocycles. The fourth-order valence-electron chi connectivity index (χ4n) is 3.36. The van der Waals surface area contributed by atoms with E-state index in [-0.39, 0.29) is 11.9 Å². The predicted molar refractivity (Wildman–Crippen MR) is 102 cm³/mol. The average molecular weight is 362 g/mol. The summed E-state index contributed by atoms with van der Waals surface area (Å²) in [6.45, 7) is 3.12. The zero-order valence-electron chi connectivity index (χ0n) is 15.2. The summed E-state index contributed by atoms with van der Waals surface area (Å²) in [5, 5.41) is 8.56. The second kappa shape index (κ2) is 7.61. The van der Waals surface area contributed by atoms with Crippen LogP contribution in [0.15, 0.2) is 66.9 Å². The number of para-hydroxylation sites is 1. The molecule has 1 fully saturated rings. The number of nitrogens with zero attached hydrogens (tertiary/aromatic N) is 4. The van der Waals surface area contributed by atoms with Crippen LogP contribution in [-0.2, 0) is 4.79 Å². The molecule has 0 bridgehead atoms. The maximum atomic E-state index is 12.7. The van der Waals surface area contributed by atoms with E-state index in [1.54, 1.807) is 6.92 Å². The minimum absolute atomic E-state index is 0.00440. The van der Waals surface area contributed by atoms with Gasteiger partial charge in [0.1, 0.15) is 11.4 Å². The lowest BCUT2D eigenvalue weighted by Crippen LogP contribution is -2.39. The van der Waals surface area contributed by atoms with Gasteiger partial charge in [-0.05, 0) is 25.5 Å². The number of carbonyl (C=O) groups excluding carboxylic acids is 1. The Morgan fingerprint density at radius 3 is 2.56 bits per heavy atom. The Hall–Kier alpha value is -3.15. The van der Waals surface area contributed by atoms with Crippen molar-refractivity contribution in [1.29, 1.82) is 0 Å². The number of hydrogen-bond acceptors (Lipinski definition) is 4. The third-order valence-corrected chi connectivity index (χ3v) is 4.83. The second-order valence-corrected chi connectivity index (χ2v) is 6.75. The van der Waals surface area contributed by atoms with Crippen molar-refractivity contribution in [2.75, 3.05) is 13.1 Å². The topological polar surface area (TPSA) is 60.2 Å². The maximum Gasteiger partial charge on any atom is 0.263 e. The monoisotopic (exact) mass is 362 g/mol. The van der Waals surface area contributed by atoms with Crippen LogP contribution in [0.4, 0.5) is 0 Å². The van der Waals surface area contributed by atoms with Crippen molar-refractivity contribution in [2.24, 2.45) is 0 Å². The number of carbonyl (C=O) groups is 1. The largest absolute Gasteiger partial charge is 0.481 e. The van der Waals surface area contributed by atoms with E-state index in [2.05, 4.69) is 10.3 Å². The van der Waals surface area contributed by atoms with E-state index in [1.807, 2.05) is 76.4 Å². The molecule has 1 amide bonds. The van der Waals surface area contributed by atoms with E-state index in [9.17, 15) is 4.79 Å².